The van der Waals surface area contributed by atoms with Gasteiger partial charge in [0.2, 0.25) is 0 Å². The summed E-state index contributed by atoms with van der Waals surface area (Å²) >= 11 is 3.22. The van der Waals surface area contributed by atoms with Crippen molar-refractivity contribution in [3.05, 3.63) is 46.1 Å². The normalized spacial score (nSPS) is 10.4. The summed E-state index contributed by atoms with van der Waals surface area (Å²) in [6.07, 6.45) is 0. The molecule has 0 unspecified atom stereocenters. The smallest absolute Gasteiger partial charge is 0.335 e. The van der Waals surface area contributed by atoms with Crippen LogP contribution in [0.25, 0.3) is 11.3 Å². The third kappa shape index (κ3) is 2.70. The summed E-state index contributed by atoms with van der Waals surface area (Å²) in [5.41, 5.74) is 0.757. The Bertz CT molecular complexity index is 611. The van der Waals surface area contributed by atoms with E-state index in [0.29, 0.717) is 21.7 Å². The number of hydrogen-bond acceptors (Lipinski definition) is 3. The van der Waals surface area contributed by atoms with E-state index >= 15 is 0 Å². The quantitative estimate of drug-likeness (QED) is 0.866. The van der Waals surface area contributed by atoms with E-state index < -0.39 is 11.8 Å². The monoisotopic (exact) mass is 310 g/mol. The molecular formula is C12H8BrFN2O2. The highest BCUT2D eigenvalue weighted by Crippen LogP contribution is 2.22. The summed E-state index contributed by atoms with van der Waals surface area (Å²) in [5.74, 6) is -1.28. The van der Waals surface area contributed by atoms with Crippen molar-refractivity contribution in [2.24, 2.45) is 0 Å². The second-order valence-corrected chi connectivity index (χ2v) is 4.47. The first-order valence-corrected chi connectivity index (χ1v) is 5.80. The Labute approximate surface area is 111 Å². The van der Waals surface area contributed by atoms with E-state index in [9.17, 15) is 9.18 Å². The number of halogens is 2. The molecule has 2 rings (SSSR count). The van der Waals surface area contributed by atoms with Gasteiger partial charge in [-0.2, -0.15) is 0 Å². The van der Waals surface area contributed by atoms with E-state index in [-0.39, 0.29) is 5.56 Å². The zero-order valence-electron chi connectivity index (χ0n) is 9.32. The van der Waals surface area contributed by atoms with Gasteiger partial charge in [0, 0.05) is 5.56 Å². The van der Waals surface area contributed by atoms with Gasteiger partial charge in [0.1, 0.15) is 16.2 Å². The zero-order chi connectivity index (χ0) is 13.3. The zero-order valence-corrected chi connectivity index (χ0v) is 10.9. The van der Waals surface area contributed by atoms with Gasteiger partial charge in [-0.15, -0.1) is 0 Å². The second kappa shape index (κ2) is 4.81. The Kier molecular flexibility index (Phi) is 3.38. The third-order valence-corrected chi connectivity index (χ3v) is 2.65. The second-order valence-electron chi connectivity index (χ2n) is 3.66. The van der Waals surface area contributed by atoms with Gasteiger partial charge in [-0.1, -0.05) is 0 Å². The maximum atomic E-state index is 13.4. The topological polar surface area (TPSA) is 63.1 Å². The average molecular weight is 311 g/mol. The summed E-state index contributed by atoms with van der Waals surface area (Å²) < 4.78 is 13.9. The maximum absolute atomic E-state index is 13.4. The predicted octanol–water partition coefficient (Wildman–Crippen LogP) is 3.05. The number of carboxylic acid groups (broad SMARTS) is 1. The molecule has 1 N–H and O–H groups in total. The van der Waals surface area contributed by atoms with Gasteiger partial charge in [-0.05, 0) is 47.1 Å². The van der Waals surface area contributed by atoms with Crippen LogP contribution in [0.2, 0.25) is 0 Å². The SMILES string of the molecule is Cc1nc(Br)cc(-c2cc(F)cc(C(=O)O)c2)n1. The standard InChI is InChI=1S/C12H8BrFN2O2/c1-6-15-10(5-11(13)16-6)7-2-8(12(17)18)4-9(14)3-7/h2-5H,1H3,(H,17,18). The van der Waals surface area contributed by atoms with Gasteiger partial charge in [0.25, 0.3) is 0 Å². The summed E-state index contributed by atoms with van der Waals surface area (Å²) in [7, 11) is 0. The molecule has 0 atom stereocenters. The van der Waals surface area contributed by atoms with Gasteiger partial charge < -0.3 is 5.11 Å². The minimum absolute atomic E-state index is 0.114. The highest BCUT2D eigenvalue weighted by Gasteiger charge is 2.10. The van der Waals surface area contributed by atoms with Crippen LogP contribution in [0.3, 0.4) is 0 Å². The fourth-order valence-corrected chi connectivity index (χ4v) is 2.01. The molecule has 6 heteroatoms. The molecule has 0 saturated carbocycles. The van der Waals surface area contributed by atoms with Crippen LogP contribution in [-0.2, 0) is 0 Å². The number of carbonyl (C=O) groups is 1. The van der Waals surface area contributed by atoms with Gasteiger partial charge in [0.15, 0.2) is 0 Å². The molecule has 92 valence electrons. The number of aryl methyl sites for hydroxylation is 1. The van der Waals surface area contributed by atoms with E-state index in [1.165, 1.54) is 12.1 Å². The molecule has 0 aliphatic rings. The number of aromatic carboxylic acids is 1. The number of carboxylic acids is 1. The van der Waals surface area contributed by atoms with E-state index in [4.69, 9.17) is 5.11 Å². The molecule has 1 heterocycles. The predicted molar refractivity (Wildman–Crippen MR) is 66.8 cm³/mol. The van der Waals surface area contributed by atoms with Crippen LogP contribution in [0.4, 0.5) is 4.39 Å². The number of nitrogens with zero attached hydrogens (tertiary/aromatic N) is 2. The molecule has 0 aliphatic carbocycles. The molecule has 0 spiro atoms. The van der Waals surface area contributed by atoms with Crippen LogP contribution >= 0.6 is 15.9 Å². The van der Waals surface area contributed by atoms with Crippen LogP contribution in [0.1, 0.15) is 16.2 Å². The Hall–Kier alpha value is -1.82. The largest absolute Gasteiger partial charge is 0.478 e. The molecule has 2 aromatic rings. The van der Waals surface area contributed by atoms with E-state index in [2.05, 4.69) is 25.9 Å². The van der Waals surface area contributed by atoms with Crippen molar-refractivity contribution < 1.29 is 14.3 Å². The van der Waals surface area contributed by atoms with Crippen molar-refractivity contribution in [2.45, 2.75) is 6.92 Å². The molecule has 4 nitrogen and oxygen atoms in total. The Morgan fingerprint density at radius 3 is 2.61 bits per heavy atom. The van der Waals surface area contributed by atoms with Crippen LogP contribution < -0.4 is 0 Å². The van der Waals surface area contributed by atoms with E-state index in [1.807, 2.05) is 0 Å². The lowest BCUT2D eigenvalue weighted by Crippen LogP contribution is -1.99. The summed E-state index contributed by atoms with van der Waals surface area (Å²) in [6.45, 7) is 1.70. The van der Waals surface area contributed by atoms with E-state index in [1.54, 1.807) is 13.0 Å². The Morgan fingerprint density at radius 2 is 2.00 bits per heavy atom. The van der Waals surface area contributed by atoms with Crippen molar-refractivity contribution in [3.8, 4) is 11.3 Å². The number of rotatable bonds is 2. The molecule has 0 bridgehead atoms. The van der Waals surface area contributed by atoms with Gasteiger partial charge in [-0.25, -0.2) is 19.2 Å². The minimum atomic E-state index is -1.18. The molecular weight excluding hydrogens is 303 g/mol. The highest BCUT2D eigenvalue weighted by atomic mass is 79.9. The van der Waals surface area contributed by atoms with Crippen LogP contribution in [0.5, 0.6) is 0 Å². The highest BCUT2D eigenvalue weighted by molar-refractivity contribution is 9.10. The molecule has 1 aromatic carbocycles. The maximum Gasteiger partial charge on any atom is 0.335 e. The van der Waals surface area contributed by atoms with Gasteiger partial charge in [-0.3, -0.25) is 0 Å². The van der Waals surface area contributed by atoms with Crippen LogP contribution in [-0.4, -0.2) is 21.0 Å². The first kappa shape index (κ1) is 12.6. The number of benzene rings is 1. The lowest BCUT2D eigenvalue weighted by Gasteiger charge is -2.04. The first-order valence-electron chi connectivity index (χ1n) is 5.01. The minimum Gasteiger partial charge on any atom is -0.478 e. The van der Waals surface area contributed by atoms with Crippen LogP contribution in [0.15, 0.2) is 28.9 Å². The molecule has 0 aliphatic heterocycles. The Morgan fingerprint density at radius 1 is 1.28 bits per heavy atom. The van der Waals surface area contributed by atoms with E-state index in [0.717, 1.165) is 6.07 Å². The first-order chi connectivity index (χ1) is 8.45. The fraction of sp³-hybridized carbons (Fsp3) is 0.0833. The molecule has 0 saturated heterocycles. The fourth-order valence-electron chi connectivity index (χ4n) is 1.54. The summed E-state index contributed by atoms with van der Waals surface area (Å²) in [6, 6.07) is 5.18. The third-order valence-electron chi connectivity index (χ3n) is 2.25. The summed E-state index contributed by atoms with van der Waals surface area (Å²) in [4.78, 5) is 19.0. The lowest BCUT2D eigenvalue weighted by molar-refractivity contribution is 0.0696. The van der Waals surface area contributed by atoms with Crippen molar-refractivity contribution >= 4 is 21.9 Å². The summed E-state index contributed by atoms with van der Waals surface area (Å²) in [5, 5.41) is 8.88. The van der Waals surface area contributed by atoms with Crippen molar-refractivity contribution in [1.82, 2.24) is 9.97 Å². The van der Waals surface area contributed by atoms with Gasteiger partial charge in [0.05, 0.1) is 11.3 Å². The lowest BCUT2D eigenvalue weighted by atomic mass is 10.1. The molecule has 0 amide bonds. The molecule has 1 aromatic heterocycles. The molecule has 0 radical (unpaired) electrons. The van der Waals surface area contributed by atoms with Crippen molar-refractivity contribution in [2.75, 3.05) is 0 Å². The average Bonchev–Trinajstić information content (AvgIpc) is 2.26. The van der Waals surface area contributed by atoms with Crippen LogP contribution in [0, 0.1) is 12.7 Å². The van der Waals surface area contributed by atoms with Crippen molar-refractivity contribution in [1.29, 1.82) is 0 Å². The number of hydrogen-bond donors (Lipinski definition) is 1. The molecule has 0 fully saturated rings. The number of aromatic nitrogens is 2. The van der Waals surface area contributed by atoms with Gasteiger partial charge >= 0.3 is 5.97 Å². The molecule has 18 heavy (non-hydrogen) atoms. The Balaban J connectivity index is 2.59. The van der Waals surface area contributed by atoms with Crippen molar-refractivity contribution in [3.63, 3.8) is 0 Å².